The molecule has 1 N–H and O–H groups in total. The molecule has 5 nitrogen and oxygen atoms in total. The Labute approximate surface area is 187 Å². The molecule has 2 heterocycles. The van der Waals surface area contributed by atoms with Gasteiger partial charge in [0.15, 0.2) is 0 Å². The van der Waals surface area contributed by atoms with Crippen molar-refractivity contribution in [2.45, 2.75) is 30.5 Å². The number of carbonyl (C=O) groups excluding carboxylic acids is 2. The summed E-state index contributed by atoms with van der Waals surface area (Å²) in [7, 11) is 0. The van der Waals surface area contributed by atoms with E-state index in [1.54, 1.807) is 0 Å². The van der Waals surface area contributed by atoms with Crippen LogP contribution in [0.25, 0.3) is 10.9 Å². The quantitative estimate of drug-likeness (QED) is 0.525. The molecule has 1 fully saturated rings. The first kappa shape index (κ1) is 22.3. The van der Waals surface area contributed by atoms with E-state index in [1.165, 1.54) is 23.9 Å². The Bertz CT molecular complexity index is 1120. The highest BCUT2D eigenvalue weighted by Gasteiger charge is 2.30. The molecule has 2 amide bonds. The van der Waals surface area contributed by atoms with Crippen LogP contribution >= 0.6 is 11.8 Å². The van der Waals surface area contributed by atoms with Crippen molar-refractivity contribution in [3.8, 4) is 0 Å². The zero-order valence-electron chi connectivity index (χ0n) is 17.2. The summed E-state index contributed by atoms with van der Waals surface area (Å²) in [6.45, 7) is 1.84. The standard InChI is InChI=1S/C23H22F3N3O2S/c24-23(25,26)16-7-9-17(10-8-16)27-21(30)15-32-20-13-29(19-6-2-1-5-18(19)20)14-22(31)28-11-3-4-12-28/h1-2,5-10,13H,3-4,11-12,14-15H2,(H,27,30). The number of alkyl halides is 3. The van der Waals surface area contributed by atoms with Crippen molar-refractivity contribution >= 4 is 40.2 Å². The molecule has 0 atom stereocenters. The minimum Gasteiger partial charge on any atom is -0.341 e. The van der Waals surface area contributed by atoms with Gasteiger partial charge in [0, 0.05) is 40.8 Å². The van der Waals surface area contributed by atoms with Crippen LogP contribution in [-0.2, 0) is 22.3 Å². The Hall–Kier alpha value is -2.94. The molecular formula is C23H22F3N3O2S. The van der Waals surface area contributed by atoms with Gasteiger partial charge in [-0.1, -0.05) is 18.2 Å². The lowest BCUT2D eigenvalue weighted by Crippen LogP contribution is -2.30. The number of hydrogen-bond donors (Lipinski definition) is 1. The summed E-state index contributed by atoms with van der Waals surface area (Å²) in [6, 6.07) is 12.1. The molecule has 4 rings (SSSR count). The van der Waals surface area contributed by atoms with Crippen LogP contribution in [0.4, 0.5) is 18.9 Å². The number of thioether (sulfide) groups is 1. The van der Waals surface area contributed by atoms with E-state index in [1.807, 2.05) is 39.9 Å². The van der Waals surface area contributed by atoms with Gasteiger partial charge in [0.1, 0.15) is 6.54 Å². The molecule has 1 aliphatic rings. The van der Waals surface area contributed by atoms with Gasteiger partial charge in [0.05, 0.1) is 11.3 Å². The topological polar surface area (TPSA) is 54.3 Å². The Morgan fingerprint density at radius 3 is 2.38 bits per heavy atom. The summed E-state index contributed by atoms with van der Waals surface area (Å²) in [4.78, 5) is 27.7. The zero-order chi connectivity index (χ0) is 22.7. The smallest absolute Gasteiger partial charge is 0.341 e. The maximum Gasteiger partial charge on any atom is 0.416 e. The number of amides is 2. The minimum absolute atomic E-state index is 0.0832. The third-order valence-electron chi connectivity index (χ3n) is 5.37. The lowest BCUT2D eigenvalue weighted by molar-refractivity contribution is -0.137. The van der Waals surface area contributed by atoms with Crippen LogP contribution in [0.3, 0.4) is 0 Å². The number of likely N-dealkylation sites (tertiary alicyclic amines) is 1. The summed E-state index contributed by atoms with van der Waals surface area (Å²) in [5, 5.41) is 3.57. The van der Waals surface area contributed by atoms with Crippen LogP contribution in [0, 0.1) is 0 Å². The van der Waals surface area contributed by atoms with Crippen molar-refractivity contribution in [3.63, 3.8) is 0 Å². The van der Waals surface area contributed by atoms with Gasteiger partial charge >= 0.3 is 6.18 Å². The third kappa shape index (κ3) is 5.09. The number of anilines is 1. The monoisotopic (exact) mass is 461 g/mol. The van der Waals surface area contributed by atoms with E-state index in [2.05, 4.69) is 5.32 Å². The predicted molar refractivity (Wildman–Crippen MR) is 119 cm³/mol. The van der Waals surface area contributed by atoms with Gasteiger partial charge in [-0.05, 0) is 43.2 Å². The van der Waals surface area contributed by atoms with E-state index in [0.717, 1.165) is 53.9 Å². The van der Waals surface area contributed by atoms with Gasteiger partial charge < -0.3 is 14.8 Å². The average Bonchev–Trinajstić information content (AvgIpc) is 3.41. The van der Waals surface area contributed by atoms with Crippen molar-refractivity contribution < 1.29 is 22.8 Å². The first-order chi connectivity index (χ1) is 15.3. The molecule has 9 heteroatoms. The minimum atomic E-state index is -4.41. The van der Waals surface area contributed by atoms with Gasteiger partial charge in [-0.15, -0.1) is 11.8 Å². The van der Waals surface area contributed by atoms with Crippen molar-refractivity contribution in [2.24, 2.45) is 0 Å². The van der Waals surface area contributed by atoms with E-state index in [-0.39, 0.29) is 24.1 Å². The largest absolute Gasteiger partial charge is 0.416 e. The number of hydrogen-bond acceptors (Lipinski definition) is 3. The van der Waals surface area contributed by atoms with Crippen LogP contribution in [0.2, 0.25) is 0 Å². The van der Waals surface area contributed by atoms with Crippen LogP contribution in [-0.4, -0.2) is 40.1 Å². The van der Waals surface area contributed by atoms with E-state index in [4.69, 9.17) is 0 Å². The zero-order valence-corrected chi connectivity index (χ0v) is 18.0. The Morgan fingerprint density at radius 1 is 1.00 bits per heavy atom. The molecule has 0 saturated carbocycles. The maximum atomic E-state index is 12.7. The van der Waals surface area contributed by atoms with Crippen molar-refractivity contribution in [2.75, 3.05) is 24.2 Å². The maximum absolute atomic E-state index is 12.7. The van der Waals surface area contributed by atoms with Gasteiger partial charge in [-0.25, -0.2) is 0 Å². The second-order valence-electron chi connectivity index (χ2n) is 7.64. The van der Waals surface area contributed by atoms with Crippen LogP contribution in [0.15, 0.2) is 59.6 Å². The predicted octanol–water partition coefficient (Wildman–Crippen LogP) is 5.01. The summed E-state index contributed by atoms with van der Waals surface area (Å²) < 4.78 is 39.9. The van der Waals surface area contributed by atoms with E-state index in [9.17, 15) is 22.8 Å². The fourth-order valence-corrected chi connectivity index (χ4v) is 4.64. The number of rotatable bonds is 6. The molecule has 0 bridgehead atoms. The Balaban J connectivity index is 1.41. The molecule has 0 radical (unpaired) electrons. The molecule has 0 aliphatic carbocycles. The van der Waals surface area contributed by atoms with Crippen LogP contribution in [0.5, 0.6) is 0 Å². The molecule has 1 aromatic heterocycles. The number of benzene rings is 2. The lowest BCUT2D eigenvalue weighted by atomic mass is 10.2. The average molecular weight is 462 g/mol. The molecule has 1 saturated heterocycles. The van der Waals surface area contributed by atoms with E-state index < -0.39 is 11.7 Å². The molecule has 168 valence electrons. The van der Waals surface area contributed by atoms with Crippen LogP contribution in [0.1, 0.15) is 18.4 Å². The van der Waals surface area contributed by atoms with Crippen LogP contribution < -0.4 is 5.32 Å². The number of para-hydroxylation sites is 1. The number of nitrogens with zero attached hydrogens (tertiary/aromatic N) is 2. The van der Waals surface area contributed by atoms with E-state index >= 15 is 0 Å². The Morgan fingerprint density at radius 2 is 1.69 bits per heavy atom. The lowest BCUT2D eigenvalue weighted by Gasteiger charge is -2.15. The number of carbonyl (C=O) groups is 2. The fourth-order valence-electron chi connectivity index (χ4n) is 3.75. The molecule has 0 spiro atoms. The molecule has 2 aromatic carbocycles. The fraction of sp³-hybridized carbons (Fsp3) is 0.304. The first-order valence-electron chi connectivity index (χ1n) is 10.3. The number of fused-ring (bicyclic) bond motifs is 1. The summed E-state index contributed by atoms with van der Waals surface area (Å²) in [6.07, 6.45) is -0.460. The molecule has 32 heavy (non-hydrogen) atoms. The summed E-state index contributed by atoms with van der Waals surface area (Å²) >= 11 is 1.33. The highest BCUT2D eigenvalue weighted by atomic mass is 32.2. The first-order valence-corrected chi connectivity index (χ1v) is 11.3. The van der Waals surface area contributed by atoms with Gasteiger partial charge in [-0.3, -0.25) is 9.59 Å². The summed E-state index contributed by atoms with van der Waals surface area (Å²) in [5.74, 6) is -0.144. The van der Waals surface area contributed by atoms with Gasteiger partial charge in [0.25, 0.3) is 0 Å². The second-order valence-corrected chi connectivity index (χ2v) is 8.66. The highest BCUT2D eigenvalue weighted by molar-refractivity contribution is 8.00. The number of nitrogens with one attached hydrogen (secondary N) is 1. The molecular weight excluding hydrogens is 439 g/mol. The molecule has 3 aromatic rings. The number of aromatic nitrogens is 1. The highest BCUT2D eigenvalue weighted by Crippen LogP contribution is 2.31. The normalized spacial score (nSPS) is 14.2. The van der Waals surface area contributed by atoms with E-state index in [0.29, 0.717) is 5.69 Å². The second kappa shape index (κ2) is 9.28. The SMILES string of the molecule is O=C(CSc1cn(CC(=O)N2CCCC2)c2ccccc12)Nc1ccc(C(F)(F)F)cc1. The van der Waals surface area contributed by atoms with Gasteiger partial charge in [-0.2, -0.15) is 13.2 Å². The third-order valence-corrected chi connectivity index (χ3v) is 6.41. The molecule has 1 aliphatic heterocycles. The van der Waals surface area contributed by atoms with Gasteiger partial charge in [0.2, 0.25) is 11.8 Å². The van der Waals surface area contributed by atoms with Crippen molar-refractivity contribution in [1.29, 1.82) is 0 Å². The Kier molecular flexibility index (Phi) is 6.45. The van der Waals surface area contributed by atoms with Crippen molar-refractivity contribution in [3.05, 3.63) is 60.3 Å². The molecule has 0 unspecified atom stereocenters. The summed E-state index contributed by atoms with van der Waals surface area (Å²) in [5.41, 5.74) is 0.467. The van der Waals surface area contributed by atoms with Crippen molar-refractivity contribution in [1.82, 2.24) is 9.47 Å². The number of halogens is 3.